The van der Waals surface area contributed by atoms with E-state index in [-0.39, 0.29) is 5.84 Å². The zero-order valence-corrected chi connectivity index (χ0v) is 8.94. The molecule has 1 rings (SSSR count). The lowest BCUT2D eigenvalue weighted by molar-refractivity contribution is 0.201. The van der Waals surface area contributed by atoms with Crippen molar-refractivity contribution in [3.8, 4) is 0 Å². The SMILES string of the molecule is CC(O)CN(C)c1cc(C(=N)N)ccn1. The maximum Gasteiger partial charge on any atom is 0.129 e. The highest BCUT2D eigenvalue weighted by molar-refractivity contribution is 5.95. The highest BCUT2D eigenvalue weighted by Gasteiger charge is 2.06. The molecule has 1 atom stereocenters. The number of aliphatic hydroxyl groups is 1. The molecule has 5 nitrogen and oxygen atoms in total. The number of aliphatic hydroxyl groups excluding tert-OH is 1. The van der Waals surface area contributed by atoms with Gasteiger partial charge in [-0.15, -0.1) is 0 Å². The predicted octanol–water partition coefficient (Wildman–Crippen LogP) is 0.183. The second-order valence-electron chi connectivity index (χ2n) is 3.55. The molecule has 1 unspecified atom stereocenters. The Kier molecular flexibility index (Phi) is 3.62. The van der Waals surface area contributed by atoms with Gasteiger partial charge in [0.05, 0.1) is 6.10 Å². The Balaban J connectivity index is 2.85. The molecular formula is C10H16N4O. The summed E-state index contributed by atoms with van der Waals surface area (Å²) in [5.74, 6) is 0.715. The van der Waals surface area contributed by atoms with Gasteiger partial charge in [-0.05, 0) is 19.1 Å². The lowest BCUT2D eigenvalue weighted by Crippen LogP contribution is -2.27. The van der Waals surface area contributed by atoms with Crippen LogP contribution in [0.5, 0.6) is 0 Å². The Morgan fingerprint density at radius 2 is 2.40 bits per heavy atom. The molecule has 0 aromatic carbocycles. The number of hydrogen-bond donors (Lipinski definition) is 3. The van der Waals surface area contributed by atoms with Crippen LogP contribution in [0.15, 0.2) is 18.3 Å². The van der Waals surface area contributed by atoms with E-state index in [1.165, 1.54) is 0 Å². The average Bonchev–Trinajstić information content (AvgIpc) is 2.17. The van der Waals surface area contributed by atoms with Crippen molar-refractivity contribution in [2.24, 2.45) is 5.73 Å². The molecular weight excluding hydrogens is 192 g/mol. The van der Waals surface area contributed by atoms with Gasteiger partial charge in [-0.2, -0.15) is 0 Å². The first-order chi connectivity index (χ1) is 7.00. The van der Waals surface area contributed by atoms with Crippen molar-refractivity contribution in [2.75, 3.05) is 18.5 Å². The Morgan fingerprint density at radius 3 is 2.93 bits per heavy atom. The molecule has 0 fully saturated rings. The summed E-state index contributed by atoms with van der Waals surface area (Å²) in [4.78, 5) is 5.95. The van der Waals surface area contributed by atoms with Gasteiger partial charge >= 0.3 is 0 Å². The van der Waals surface area contributed by atoms with Crippen molar-refractivity contribution >= 4 is 11.7 Å². The van der Waals surface area contributed by atoms with Crippen LogP contribution in [0.1, 0.15) is 12.5 Å². The molecule has 0 radical (unpaired) electrons. The number of nitrogens with two attached hydrogens (primary N) is 1. The number of likely N-dealkylation sites (N-methyl/N-ethyl adjacent to an activating group) is 1. The molecule has 1 aromatic heterocycles. The first-order valence-electron chi connectivity index (χ1n) is 4.70. The van der Waals surface area contributed by atoms with Crippen LogP contribution < -0.4 is 10.6 Å². The van der Waals surface area contributed by atoms with Crippen molar-refractivity contribution in [1.29, 1.82) is 5.41 Å². The van der Waals surface area contributed by atoms with E-state index in [0.29, 0.717) is 17.9 Å². The Bertz CT molecular complexity index is 351. The van der Waals surface area contributed by atoms with E-state index in [4.69, 9.17) is 11.1 Å². The molecule has 1 heterocycles. The normalized spacial score (nSPS) is 12.2. The summed E-state index contributed by atoms with van der Waals surface area (Å²) < 4.78 is 0. The molecule has 0 saturated heterocycles. The molecule has 1 aromatic rings. The molecule has 0 aliphatic heterocycles. The van der Waals surface area contributed by atoms with Gasteiger partial charge in [0.25, 0.3) is 0 Å². The van der Waals surface area contributed by atoms with Crippen LogP contribution in [0.25, 0.3) is 0 Å². The quantitative estimate of drug-likeness (QED) is 0.486. The van der Waals surface area contributed by atoms with Gasteiger partial charge in [0.1, 0.15) is 11.7 Å². The van der Waals surface area contributed by atoms with E-state index in [9.17, 15) is 5.11 Å². The van der Waals surface area contributed by atoms with Gasteiger partial charge in [0.15, 0.2) is 0 Å². The summed E-state index contributed by atoms with van der Waals surface area (Å²) in [5, 5.41) is 16.5. The van der Waals surface area contributed by atoms with Gasteiger partial charge in [-0.3, -0.25) is 5.41 Å². The minimum absolute atomic E-state index is 0.0177. The third kappa shape index (κ3) is 3.21. The summed E-state index contributed by atoms with van der Waals surface area (Å²) in [6.45, 7) is 2.21. The minimum Gasteiger partial charge on any atom is -0.392 e. The van der Waals surface area contributed by atoms with Gasteiger partial charge in [-0.25, -0.2) is 4.98 Å². The molecule has 0 spiro atoms. The zero-order chi connectivity index (χ0) is 11.4. The first-order valence-corrected chi connectivity index (χ1v) is 4.70. The molecule has 5 heteroatoms. The van der Waals surface area contributed by atoms with Crippen molar-refractivity contribution in [3.05, 3.63) is 23.9 Å². The fourth-order valence-electron chi connectivity index (χ4n) is 1.28. The number of amidine groups is 1. The summed E-state index contributed by atoms with van der Waals surface area (Å²) in [5.41, 5.74) is 6.01. The number of rotatable bonds is 4. The lowest BCUT2D eigenvalue weighted by Gasteiger charge is -2.19. The standard InChI is InChI=1S/C10H16N4O/c1-7(15)6-14(2)9-5-8(10(11)12)3-4-13-9/h3-5,7,15H,6H2,1-2H3,(H3,11,12). The topological polar surface area (TPSA) is 86.2 Å². The van der Waals surface area contributed by atoms with Crippen LogP contribution in [-0.4, -0.2) is 35.6 Å². The molecule has 0 saturated carbocycles. The highest BCUT2D eigenvalue weighted by atomic mass is 16.3. The van der Waals surface area contributed by atoms with E-state index >= 15 is 0 Å². The number of aromatic nitrogens is 1. The minimum atomic E-state index is -0.419. The fourth-order valence-corrected chi connectivity index (χ4v) is 1.28. The van der Waals surface area contributed by atoms with Crippen LogP contribution in [0, 0.1) is 5.41 Å². The van der Waals surface area contributed by atoms with E-state index in [2.05, 4.69) is 4.98 Å². The highest BCUT2D eigenvalue weighted by Crippen LogP contribution is 2.10. The number of pyridine rings is 1. The van der Waals surface area contributed by atoms with E-state index in [1.807, 2.05) is 11.9 Å². The van der Waals surface area contributed by atoms with Crippen LogP contribution in [0.3, 0.4) is 0 Å². The average molecular weight is 208 g/mol. The van der Waals surface area contributed by atoms with Crippen molar-refractivity contribution in [2.45, 2.75) is 13.0 Å². The second kappa shape index (κ2) is 4.75. The zero-order valence-electron chi connectivity index (χ0n) is 8.94. The molecule has 0 aliphatic carbocycles. The lowest BCUT2D eigenvalue weighted by atomic mass is 10.2. The van der Waals surface area contributed by atoms with Crippen LogP contribution in [0.4, 0.5) is 5.82 Å². The molecule has 15 heavy (non-hydrogen) atoms. The Morgan fingerprint density at radius 1 is 1.73 bits per heavy atom. The van der Waals surface area contributed by atoms with E-state index < -0.39 is 6.10 Å². The molecule has 82 valence electrons. The largest absolute Gasteiger partial charge is 0.392 e. The van der Waals surface area contributed by atoms with Gasteiger partial charge in [0.2, 0.25) is 0 Å². The van der Waals surface area contributed by atoms with Crippen LogP contribution in [0.2, 0.25) is 0 Å². The van der Waals surface area contributed by atoms with Gasteiger partial charge < -0.3 is 15.7 Å². The smallest absolute Gasteiger partial charge is 0.129 e. The van der Waals surface area contributed by atoms with Crippen molar-refractivity contribution < 1.29 is 5.11 Å². The fraction of sp³-hybridized carbons (Fsp3) is 0.400. The van der Waals surface area contributed by atoms with Crippen molar-refractivity contribution in [3.63, 3.8) is 0 Å². The van der Waals surface area contributed by atoms with Crippen molar-refractivity contribution in [1.82, 2.24) is 4.98 Å². The molecule has 0 bridgehead atoms. The Hall–Kier alpha value is -1.62. The summed E-state index contributed by atoms with van der Waals surface area (Å²) >= 11 is 0. The predicted molar refractivity (Wildman–Crippen MR) is 60.2 cm³/mol. The molecule has 4 N–H and O–H groups in total. The van der Waals surface area contributed by atoms with Crippen LogP contribution in [-0.2, 0) is 0 Å². The third-order valence-corrected chi connectivity index (χ3v) is 1.99. The summed E-state index contributed by atoms with van der Waals surface area (Å²) in [6, 6.07) is 3.41. The van der Waals surface area contributed by atoms with E-state index in [1.54, 1.807) is 25.3 Å². The number of anilines is 1. The second-order valence-corrected chi connectivity index (χ2v) is 3.55. The summed E-state index contributed by atoms with van der Waals surface area (Å²) in [6.07, 6.45) is 1.18. The van der Waals surface area contributed by atoms with Gasteiger partial charge in [-0.1, -0.05) is 0 Å². The molecule has 0 amide bonds. The molecule has 0 aliphatic rings. The van der Waals surface area contributed by atoms with E-state index in [0.717, 1.165) is 0 Å². The Labute approximate surface area is 89.1 Å². The maximum atomic E-state index is 9.23. The summed E-state index contributed by atoms with van der Waals surface area (Å²) in [7, 11) is 1.83. The first kappa shape index (κ1) is 11.5. The van der Waals surface area contributed by atoms with Gasteiger partial charge in [0, 0.05) is 25.4 Å². The number of nitrogens with one attached hydrogen (secondary N) is 1. The number of hydrogen-bond acceptors (Lipinski definition) is 4. The maximum absolute atomic E-state index is 9.23. The number of nitrogens with zero attached hydrogens (tertiary/aromatic N) is 2. The van der Waals surface area contributed by atoms with Crippen LogP contribution >= 0.6 is 0 Å². The third-order valence-electron chi connectivity index (χ3n) is 1.99. The monoisotopic (exact) mass is 208 g/mol. The number of nitrogen functional groups attached to an aromatic ring is 1.